The molecule has 0 aliphatic heterocycles. The molecule has 2 aromatic rings. The van der Waals surface area contributed by atoms with Crippen LogP contribution >= 0.6 is 0 Å². The second-order valence-electron chi connectivity index (χ2n) is 5.06. The molecule has 0 atom stereocenters. The van der Waals surface area contributed by atoms with Crippen molar-refractivity contribution in [1.82, 2.24) is 0 Å². The van der Waals surface area contributed by atoms with Gasteiger partial charge in [0.2, 0.25) is 0 Å². The van der Waals surface area contributed by atoms with Gasteiger partial charge in [-0.1, -0.05) is 24.3 Å². The number of rotatable bonds is 6. The fraction of sp³-hybridized carbons (Fsp3) is 0.316. The molecule has 0 bridgehead atoms. The first kappa shape index (κ1) is 15.3. The maximum absolute atomic E-state index is 2.36. The highest BCUT2D eigenvalue weighted by atomic mass is 15.1. The van der Waals surface area contributed by atoms with Crippen LogP contribution in [0, 0.1) is 0 Å². The normalized spacial score (nSPS) is 11.0. The van der Waals surface area contributed by atoms with E-state index in [4.69, 9.17) is 0 Å². The molecule has 0 unspecified atom stereocenters. The van der Waals surface area contributed by atoms with Gasteiger partial charge in [-0.3, -0.25) is 0 Å². The summed E-state index contributed by atoms with van der Waals surface area (Å²) in [6.07, 6.45) is 8.55. The molecule has 1 aromatic carbocycles. The lowest BCUT2D eigenvalue weighted by Gasteiger charge is -2.20. The molecule has 110 valence electrons. The predicted molar refractivity (Wildman–Crippen MR) is 91.2 cm³/mol. The molecule has 0 fully saturated rings. The lowest BCUT2D eigenvalue weighted by atomic mass is 10.1. The van der Waals surface area contributed by atoms with Gasteiger partial charge in [0.1, 0.15) is 6.54 Å². The van der Waals surface area contributed by atoms with E-state index in [-0.39, 0.29) is 0 Å². The Bertz CT molecular complexity index is 564. The van der Waals surface area contributed by atoms with Crippen LogP contribution in [0.15, 0.2) is 48.8 Å². The molecule has 0 saturated heterocycles. The fourth-order valence-electron chi connectivity index (χ4n) is 2.37. The van der Waals surface area contributed by atoms with Crippen LogP contribution in [0.1, 0.15) is 31.9 Å². The zero-order valence-corrected chi connectivity index (χ0v) is 13.3. The maximum atomic E-state index is 2.36. The highest BCUT2D eigenvalue weighted by Gasteiger charge is 2.00. The minimum absolute atomic E-state index is 1.01. The van der Waals surface area contributed by atoms with E-state index in [1.807, 2.05) is 0 Å². The van der Waals surface area contributed by atoms with Crippen LogP contribution in [0.4, 0.5) is 5.69 Å². The number of aromatic nitrogens is 1. The van der Waals surface area contributed by atoms with E-state index in [1.165, 1.54) is 16.8 Å². The number of aryl methyl sites for hydroxylation is 1. The van der Waals surface area contributed by atoms with Crippen molar-refractivity contribution in [3.8, 4) is 0 Å². The molecule has 0 saturated carbocycles. The smallest absolute Gasteiger partial charge is 0.169 e. The molecule has 0 spiro atoms. The third-order valence-corrected chi connectivity index (χ3v) is 3.77. The van der Waals surface area contributed by atoms with E-state index in [0.29, 0.717) is 0 Å². The van der Waals surface area contributed by atoms with Crippen molar-refractivity contribution in [3.63, 3.8) is 0 Å². The average Bonchev–Trinajstić information content (AvgIpc) is 2.55. The molecule has 2 heteroatoms. The first-order valence-corrected chi connectivity index (χ1v) is 7.79. The standard InChI is InChI=1S/C19H25N2/c1-4-20-15-13-18(14-16-20)8-7-17-9-11-19(12-10-17)21(5-2)6-3/h7-16H,4-6H2,1-3H3/q+1. The van der Waals surface area contributed by atoms with Crippen LogP contribution < -0.4 is 9.47 Å². The number of hydrogen-bond donors (Lipinski definition) is 0. The molecule has 2 nitrogen and oxygen atoms in total. The number of anilines is 1. The van der Waals surface area contributed by atoms with E-state index < -0.39 is 0 Å². The van der Waals surface area contributed by atoms with Crippen molar-refractivity contribution >= 4 is 17.8 Å². The van der Waals surface area contributed by atoms with Crippen LogP contribution in [0.5, 0.6) is 0 Å². The van der Waals surface area contributed by atoms with Gasteiger partial charge < -0.3 is 4.90 Å². The van der Waals surface area contributed by atoms with Crippen molar-refractivity contribution in [2.75, 3.05) is 18.0 Å². The second-order valence-corrected chi connectivity index (χ2v) is 5.06. The zero-order chi connectivity index (χ0) is 15.1. The van der Waals surface area contributed by atoms with Crippen LogP contribution in [0.3, 0.4) is 0 Å². The average molecular weight is 281 g/mol. The van der Waals surface area contributed by atoms with Gasteiger partial charge in [0.15, 0.2) is 12.4 Å². The molecular weight excluding hydrogens is 256 g/mol. The number of hydrogen-bond acceptors (Lipinski definition) is 1. The topological polar surface area (TPSA) is 7.12 Å². The molecular formula is C19H25N2+. The molecule has 1 heterocycles. The zero-order valence-electron chi connectivity index (χ0n) is 13.3. The molecule has 0 radical (unpaired) electrons. The van der Waals surface area contributed by atoms with E-state index in [9.17, 15) is 0 Å². The summed E-state index contributed by atoms with van der Waals surface area (Å²) >= 11 is 0. The van der Waals surface area contributed by atoms with Crippen molar-refractivity contribution < 1.29 is 4.57 Å². The van der Waals surface area contributed by atoms with E-state index in [2.05, 4.69) is 91.2 Å². The Morgan fingerprint density at radius 2 is 1.33 bits per heavy atom. The van der Waals surface area contributed by atoms with Gasteiger partial charge in [-0.05, 0) is 44.0 Å². The van der Waals surface area contributed by atoms with Gasteiger partial charge in [0, 0.05) is 30.9 Å². The van der Waals surface area contributed by atoms with Gasteiger partial charge in [-0.25, -0.2) is 4.57 Å². The van der Waals surface area contributed by atoms with Crippen LogP contribution in [-0.2, 0) is 6.54 Å². The minimum atomic E-state index is 1.01. The van der Waals surface area contributed by atoms with Crippen LogP contribution in [0.25, 0.3) is 12.2 Å². The Morgan fingerprint density at radius 3 is 1.81 bits per heavy atom. The third kappa shape index (κ3) is 4.19. The van der Waals surface area contributed by atoms with E-state index in [1.54, 1.807) is 0 Å². The summed E-state index contributed by atoms with van der Waals surface area (Å²) in [4.78, 5) is 2.36. The number of nitrogens with zero attached hydrogens (tertiary/aromatic N) is 2. The molecule has 0 aliphatic rings. The predicted octanol–water partition coefficient (Wildman–Crippen LogP) is 4.01. The SMILES string of the molecule is CCN(CC)c1ccc(C=Cc2cc[n+](CC)cc2)cc1. The van der Waals surface area contributed by atoms with E-state index in [0.717, 1.165) is 19.6 Å². The molecule has 1 aromatic heterocycles. The Kier molecular flexibility index (Phi) is 5.56. The number of pyridine rings is 1. The molecule has 2 rings (SSSR count). The lowest BCUT2D eigenvalue weighted by Crippen LogP contribution is -2.30. The molecule has 0 aliphatic carbocycles. The first-order chi connectivity index (χ1) is 10.3. The van der Waals surface area contributed by atoms with Crippen molar-refractivity contribution in [2.24, 2.45) is 0 Å². The summed E-state index contributed by atoms with van der Waals surface area (Å²) in [5, 5.41) is 0. The quantitative estimate of drug-likeness (QED) is 0.726. The summed E-state index contributed by atoms with van der Waals surface area (Å²) in [5.74, 6) is 0. The summed E-state index contributed by atoms with van der Waals surface area (Å²) in [6.45, 7) is 9.63. The van der Waals surface area contributed by atoms with Crippen molar-refractivity contribution in [3.05, 3.63) is 59.9 Å². The fourth-order valence-corrected chi connectivity index (χ4v) is 2.37. The summed E-state index contributed by atoms with van der Waals surface area (Å²) in [7, 11) is 0. The van der Waals surface area contributed by atoms with Gasteiger partial charge in [-0.15, -0.1) is 0 Å². The highest BCUT2D eigenvalue weighted by molar-refractivity contribution is 5.70. The van der Waals surface area contributed by atoms with Gasteiger partial charge in [0.25, 0.3) is 0 Å². The largest absolute Gasteiger partial charge is 0.372 e. The van der Waals surface area contributed by atoms with Crippen molar-refractivity contribution in [2.45, 2.75) is 27.3 Å². The Labute approximate surface area is 128 Å². The summed E-state index contributed by atoms with van der Waals surface area (Å²) in [5.41, 5.74) is 3.76. The van der Waals surface area contributed by atoms with Gasteiger partial charge >= 0.3 is 0 Å². The number of benzene rings is 1. The molecule has 21 heavy (non-hydrogen) atoms. The Balaban J connectivity index is 2.06. The Hall–Kier alpha value is -2.09. The minimum Gasteiger partial charge on any atom is -0.372 e. The third-order valence-electron chi connectivity index (χ3n) is 3.77. The van der Waals surface area contributed by atoms with Gasteiger partial charge in [-0.2, -0.15) is 0 Å². The maximum Gasteiger partial charge on any atom is 0.169 e. The second kappa shape index (κ2) is 7.63. The Morgan fingerprint density at radius 1 is 0.810 bits per heavy atom. The summed E-state index contributed by atoms with van der Waals surface area (Å²) in [6, 6.07) is 13.0. The van der Waals surface area contributed by atoms with Crippen molar-refractivity contribution in [1.29, 1.82) is 0 Å². The highest BCUT2D eigenvalue weighted by Crippen LogP contribution is 2.16. The van der Waals surface area contributed by atoms with Crippen LogP contribution in [0.2, 0.25) is 0 Å². The summed E-state index contributed by atoms with van der Waals surface area (Å²) < 4.78 is 2.16. The lowest BCUT2D eigenvalue weighted by molar-refractivity contribution is -0.693. The van der Waals surface area contributed by atoms with Gasteiger partial charge in [0.05, 0.1) is 0 Å². The van der Waals surface area contributed by atoms with E-state index >= 15 is 0 Å². The van der Waals surface area contributed by atoms with Crippen LogP contribution in [-0.4, -0.2) is 13.1 Å². The molecule has 0 N–H and O–H groups in total. The molecule has 0 amide bonds. The monoisotopic (exact) mass is 281 g/mol. The first-order valence-electron chi connectivity index (χ1n) is 7.79.